The van der Waals surface area contributed by atoms with Crippen molar-refractivity contribution in [2.45, 2.75) is 32.6 Å². The number of ether oxygens (including phenoxy) is 1. The van der Waals surface area contributed by atoms with Crippen molar-refractivity contribution in [2.75, 3.05) is 19.8 Å². The summed E-state index contributed by atoms with van der Waals surface area (Å²) in [6, 6.07) is 0. The van der Waals surface area contributed by atoms with Gasteiger partial charge in [0.2, 0.25) is 0 Å². The largest absolute Gasteiger partial charge is 0.481 e. The topological polar surface area (TPSA) is 66.8 Å². The molecule has 4 heteroatoms. The van der Waals surface area contributed by atoms with Crippen LogP contribution in [0.25, 0.3) is 0 Å². The highest BCUT2D eigenvalue weighted by atomic mass is 16.5. The maximum atomic E-state index is 10.5. The van der Waals surface area contributed by atoms with Crippen molar-refractivity contribution in [3.8, 4) is 0 Å². The molecule has 14 heavy (non-hydrogen) atoms. The van der Waals surface area contributed by atoms with Gasteiger partial charge in [0, 0.05) is 0 Å². The van der Waals surface area contributed by atoms with Gasteiger partial charge >= 0.3 is 5.97 Å². The van der Waals surface area contributed by atoms with Gasteiger partial charge in [-0.25, -0.2) is 0 Å². The van der Waals surface area contributed by atoms with E-state index in [0.29, 0.717) is 13.2 Å². The number of carbonyl (C=O) groups is 1. The highest BCUT2D eigenvalue weighted by Gasteiger charge is 2.12. The first-order valence-corrected chi connectivity index (χ1v) is 5.11. The fourth-order valence-electron chi connectivity index (χ4n) is 1.30. The molecule has 0 heterocycles. The zero-order valence-electron chi connectivity index (χ0n) is 8.74. The summed E-state index contributed by atoms with van der Waals surface area (Å²) in [4.78, 5) is 10.5. The average molecular weight is 204 g/mol. The van der Waals surface area contributed by atoms with E-state index in [9.17, 15) is 4.79 Å². The molecule has 0 fully saturated rings. The van der Waals surface area contributed by atoms with E-state index in [1.165, 1.54) is 0 Å². The molecule has 0 saturated carbocycles. The number of unbranched alkanes of at least 4 members (excludes halogenated alkanes) is 1. The third kappa shape index (κ3) is 8.01. The van der Waals surface area contributed by atoms with Crippen molar-refractivity contribution in [3.05, 3.63) is 0 Å². The summed E-state index contributed by atoms with van der Waals surface area (Å²) in [5.41, 5.74) is 0. The van der Waals surface area contributed by atoms with Crippen LogP contribution >= 0.6 is 0 Å². The van der Waals surface area contributed by atoms with E-state index in [0.717, 1.165) is 19.3 Å². The van der Waals surface area contributed by atoms with E-state index in [1.807, 2.05) is 0 Å². The molecule has 1 unspecified atom stereocenters. The highest BCUT2D eigenvalue weighted by Crippen LogP contribution is 2.13. The monoisotopic (exact) mass is 204 g/mol. The minimum Gasteiger partial charge on any atom is -0.481 e. The molecule has 0 aliphatic heterocycles. The van der Waals surface area contributed by atoms with Gasteiger partial charge in [-0.05, 0) is 12.3 Å². The van der Waals surface area contributed by atoms with Crippen LogP contribution in [0, 0.1) is 5.92 Å². The summed E-state index contributed by atoms with van der Waals surface area (Å²) in [7, 11) is 0. The Hall–Kier alpha value is -0.610. The van der Waals surface area contributed by atoms with E-state index >= 15 is 0 Å². The van der Waals surface area contributed by atoms with Gasteiger partial charge in [-0.3, -0.25) is 4.79 Å². The van der Waals surface area contributed by atoms with E-state index in [1.54, 1.807) is 0 Å². The molecular formula is C10H20O4. The van der Waals surface area contributed by atoms with Crippen molar-refractivity contribution in [2.24, 2.45) is 5.92 Å². The van der Waals surface area contributed by atoms with Gasteiger partial charge in [0.25, 0.3) is 0 Å². The predicted molar refractivity (Wildman–Crippen MR) is 53.2 cm³/mol. The van der Waals surface area contributed by atoms with Crippen LogP contribution in [0.1, 0.15) is 32.6 Å². The summed E-state index contributed by atoms with van der Waals surface area (Å²) < 4.78 is 5.13. The quantitative estimate of drug-likeness (QED) is 0.555. The number of hydrogen-bond acceptors (Lipinski definition) is 3. The molecule has 0 bridgehead atoms. The second-order valence-electron chi connectivity index (χ2n) is 3.40. The molecule has 0 rings (SSSR count). The molecule has 0 aromatic heterocycles. The third-order valence-electron chi connectivity index (χ3n) is 2.02. The second-order valence-corrected chi connectivity index (χ2v) is 3.40. The summed E-state index contributed by atoms with van der Waals surface area (Å²) in [6.07, 6.45) is 3.14. The van der Waals surface area contributed by atoms with Gasteiger partial charge < -0.3 is 14.9 Å². The average Bonchev–Trinajstić information content (AvgIpc) is 2.13. The van der Waals surface area contributed by atoms with Crippen molar-refractivity contribution < 1.29 is 19.7 Å². The van der Waals surface area contributed by atoms with Crippen LogP contribution in [-0.2, 0) is 9.53 Å². The van der Waals surface area contributed by atoms with Gasteiger partial charge in [-0.1, -0.05) is 19.8 Å². The first kappa shape index (κ1) is 13.4. The molecule has 4 nitrogen and oxygen atoms in total. The minimum absolute atomic E-state index is 0.00638. The fraction of sp³-hybridized carbons (Fsp3) is 0.900. The molecule has 0 aromatic carbocycles. The summed E-state index contributed by atoms with van der Waals surface area (Å²) in [5.74, 6) is -0.697. The van der Waals surface area contributed by atoms with Gasteiger partial charge in [0.05, 0.1) is 26.2 Å². The maximum Gasteiger partial charge on any atom is 0.303 e. The van der Waals surface area contributed by atoms with Gasteiger partial charge in [0.15, 0.2) is 0 Å². The second kappa shape index (κ2) is 8.97. The molecule has 0 saturated heterocycles. The molecule has 0 spiro atoms. The Morgan fingerprint density at radius 2 is 2.21 bits per heavy atom. The Bertz CT molecular complexity index is 147. The lowest BCUT2D eigenvalue weighted by Crippen LogP contribution is -2.15. The lowest BCUT2D eigenvalue weighted by Gasteiger charge is -2.13. The highest BCUT2D eigenvalue weighted by molar-refractivity contribution is 5.67. The number of rotatable bonds is 9. The molecule has 2 N–H and O–H groups in total. The predicted octanol–water partition coefficient (Wildman–Crippen LogP) is 1.28. The molecule has 84 valence electrons. The lowest BCUT2D eigenvalue weighted by atomic mass is 10.00. The molecule has 0 amide bonds. The Labute approximate surface area is 84.9 Å². The van der Waals surface area contributed by atoms with Crippen LogP contribution in [0.3, 0.4) is 0 Å². The minimum atomic E-state index is -0.779. The van der Waals surface area contributed by atoms with Gasteiger partial charge in [-0.15, -0.1) is 0 Å². The SMILES string of the molecule is CCCCC(COCCO)CC(=O)O. The standard InChI is InChI=1S/C10H20O4/c1-2-3-4-9(7-10(12)13)8-14-6-5-11/h9,11H,2-8H2,1H3,(H,12,13). The Balaban J connectivity index is 3.66. The first-order chi connectivity index (χ1) is 6.70. The van der Waals surface area contributed by atoms with Crippen molar-refractivity contribution >= 4 is 5.97 Å². The molecule has 0 aromatic rings. The Kier molecular flexibility index (Phi) is 8.57. The molecule has 0 aliphatic rings. The van der Waals surface area contributed by atoms with Crippen molar-refractivity contribution in [1.29, 1.82) is 0 Å². The number of carboxylic acid groups (broad SMARTS) is 1. The fourth-order valence-corrected chi connectivity index (χ4v) is 1.30. The van der Waals surface area contributed by atoms with Crippen LogP contribution in [0.2, 0.25) is 0 Å². The van der Waals surface area contributed by atoms with E-state index in [2.05, 4.69) is 6.92 Å². The smallest absolute Gasteiger partial charge is 0.303 e. The number of aliphatic hydroxyl groups is 1. The van der Waals surface area contributed by atoms with Crippen LogP contribution in [0.4, 0.5) is 0 Å². The van der Waals surface area contributed by atoms with E-state index < -0.39 is 5.97 Å². The number of carboxylic acids is 1. The summed E-state index contributed by atoms with van der Waals surface area (Å²) in [6.45, 7) is 2.80. The third-order valence-corrected chi connectivity index (χ3v) is 2.02. The molecular weight excluding hydrogens is 184 g/mol. The number of aliphatic hydroxyl groups excluding tert-OH is 1. The van der Waals surface area contributed by atoms with Crippen LogP contribution in [0.15, 0.2) is 0 Å². The van der Waals surface area contributed by atoms with Crippen LogP contribution in [-0.4, -0.2) is 36.0 Å². The maximum absolute atomic E-state index is 10.5. The van der Waals surface area contributed by atoms with Gasteiger partial charge in [0.1, 0.15) is 0 Å². The normalized spacial score (nSPS) is 12.7. The van der Waals surface area contributed by atoms with E-state index in [4.69, 9.17) is 14.9 Å². The zero-order valence-corrected chi connectivity index (χ0v) is 8.74. The number of hydrogen-bond donors (Lipinski definition) is 2. The molecule has 0 radical (unpaired) electrons. The van der Waals surface area contributed by atoms with Crippen molar-refractivity contribution in [1.82, 2.24) is 0 Å². The summed E-state index contributed by atoms with van der Waals surface area (Å²) >= 11 is 0. The van der Waals surface area contributed by atoms with Crippen LogP contribution < -0.4 is 0 Å². The van der Waals surface area contributed by atoms with E-state index in [-0.39, 0.29) is 18.9 Å². The van der Waals surface area contributed by atoms with Crippen molar-refractivity contribution in [3.63, 3.8) is 0 Å². The number of aliphatic carboxylic acids is 1. The van der Waals surface area contributed by atoms with Gasteiger partial charge in [-0.2, -0.15) is 0 Å². The Morgan fingerprint density at radius 1 is 1.50 bits per heavy atom. The van der Waals surface area contributed by atoms with Crippen LogP contribution in [0.5, 0.6) is 0 Å². The first-order valence-electron chi connectivity index (χ1n) is 5.11. The lowest BCUT2D eigenvalue weighted by molar-refractivity contribution is -0.138. The molecule has 0 aliphatic carbocycles. The Morgan fingerprint density at radius 3 is 2.71 bits per heavy atom. The zero-order chi connectivity index (χ0) is 10.8. The summed E-state index contributed by atoms with van der Waals surface area (Å²) in [5, 5.41) is 17.1. The molecule has 1 atom stereocenters.